The van der Waals surface area contributed by atoms with Crippen LogP contribution in [0.4, 0.5) is 28.4 Å². The molecule has 7 aromatic carbocycles. The topological polar surface area (TPSA) is 26.7 Å². The van der Waals surface area contributed by atoms with Gasteiger partial charge in [0.1, 0.15) is 0 Å². The SMILES string of the molecule is CCc1ccccc1-c1cc2c(N(c3ccccc3)c3ccccc3)c3ccccc3c(N(O)c3ccccc3)c2cc1C. The number of hydrogen-bond acceptors (Lipinski definition) is 3. The third-order valence-corrected chi connectivity index (χ3v) is 8.47. The molecule has 1 N–H and O–H groups in total. The normalized spacial score (nSPS) is 11.2. The predicted octanol–water partition coefficient (Wildman–Crippen LogP) is 11.5. The largest absolute Gasteiger partial charge is 0.309 e. The molecule has 0 amide bonds. The summed E-state index contributed by atoms with van der Waals surface area (Å²) in [5, 5.41) is 17.4. The second kappa shape index (κ2) is 11.7. The van der Waals surface area contributed by atoms with Crippen molar-refractivity contribution in [1.82, 2.24) is 0 Å². The van der Waals surface area contributed by atoms with Gasteiger partial charge in [0.05, 0.1) is 17.1 Å². The van der Waals surface area contributed by atoms with Gasteiger partial charge in [-0.1, -0.05) is 110 Å². The van der Waals surface area contributed by atoms with Crippen LogP contribution in [0.5, 0.6) is 0 Å². The van der Waals surface area contributed by atoms with Crippen molar-refractivity contribution < 1.29 is 5.21 Å². The quantitative estimate of drug-likeness (QED) is 0.117. The van der Waals surface area contributed by atoms with Crippen molar-refractivity contribution in [2.45, 2.75) is 20.3 Å². The summed E-state index contributed by atoms with van der Waals surface area (Å²) in [5.74, 6) is 0. The summed E-state index contributed by atoms with van der Waals surface area (Å²) in [6, 6.07) is 52.5. The summed E-state index contributed by atoms with van der Waals surface area (Å²) >= 11 is 0. The zero-order valence-corrected chi connectivity index (χ0v) is 25.0. The number of aryl methyl sites for hydroxylation is 2. The average molecular weight is 571 g/mol. The summed E-state index contributed by atoms with van der Waals surface area (Å²) in [5.41, 5.74) is 9.61. The zero-order chi connectivity index (χ0) is 30.0. The lowest BCUT2D eigenvalue weighted by atomic mass is 9.89. The van der Waals surface area contributed by atoms with Crippen LogP contribution < -0.4 is 9.96 Å². The third kappa shape index (κ3) is 4.78. The van der Waals surface area contributed by atoms with Crippen LogP contribution in [0.2, 0.25) is 0 Å². The van der Waals surface area contributed by atoms with Gasteiger partial charge in [-0.2, -0.15) is 0 Å². The molecule has 3 nitrogen and oxygen atoms in total. The van der Waals surface area contributed by atoms with Crippen molar-refractivity contribution in [2.75, 3.05) is 9.96 Å². The summed E-state index contributed by atoms with van der Waals surface area (Å²) in [4.78, 5) is 2.35. The van der Waals surface area contributed by atoms with Gasteiger partial charge in [0, 0.05) is 32.9 Å². The van der Waals surface area contributed by atoms with Gasteiger partial charge in [0.25, 0.3) is 0 Å². The Hall–Kier alpha value is -5.38. The molecule has 0 bridgehead atoms. The van der Waals surface area contributed by atoms with E-state index in [-0.39, 0.29) is 0 Å². The van der Waals surface area contributed by atoms with Crippen molar-refractivity contribution in [3.8, 4) is 11.1 Å². The minimum Gasteiger partial charge on any atom is -0.309 e. The number of rotatable bonds is 7. The Morgan fingerprint density at radius 1 is 0.477 bits per heavy atom. The van der Waals surface area contributed by atoms with E-state index in [0.717, 1.165) is 56.3 Å². The van der Waals surface area contributed by atoms with Crippen LogP contribution in [0.3, 0.4) is 0 Å². The van der Waals surface area contributed by atoms with Gasteiger partial charge in [0.2, 0.25) is 0 Å². The molecule has 7 aromatic rings. The molecule has 0 radical (unpaired) electrons. The van der Waals surface area contributed by atoms with E-state index in [2.05, 4.69) is 134 Å². The minimum atomic E-state index is 0.715. The first kappa shape index (κ1) is 27.5. The van der Waals surface area contributed by atoms with Crippen molar-refractivity contribution in [1.29, 1.82) is 0 Å². The molecule has 44 heavy (non-hydrogen) atoms. The van der Waals surface area contributed by atoms with E-state index in [9.17, 15) is 5.21 Å². The van der Waals surface area contributed by atoms with Crippen molar-refractivity contribution in [3.63, 3.8) is 0 Å². The molecule has 0 atom stereocenters. The summed E-state index contributed by atoms with van der Waals surface area (Å²) < 4.78 is 0. The summed E-state index contributed by atoms with van der Waals surface area (Å²) in [7, 11) is 0. The maximum atomic E-state index is 11.9. The molecule has 0 aliphatic carbocycles. The fourth-order valence-corrected chi connectivity index (χ4v) is 6.40. The van der Waals surface area contributed by atoms with Crippen LogP contribution in [0, 0.1) is 6.92 Å². The number of hydrogen-bond donors (Lipinski definition) is 1. The fraction of sp³-hybridized carbons (Fsp3) is 0.0732. The molecule has 0 unspecified atom stereocenters. The number of nitrogens with zero attached hydrogens (tertiary/aromatic N) is 2. The van der Waals surface area contributed by atoms with Crippen LogP contribution in [0.15, 0.2) is 152 Å². The number of fused-ring (bicyclic) bond motifs is 2. The molecule has 3 heteroatoms. The zero-order valence-electron chi connectivity index (χ0n) is 25.0. The highest BCUT2D eigenvalue weighted by Crippen LogP contribution is 2.50. The molecular formula is C41H34N2O. The lowest BCUT2D eigenvalue weighted by Crippen LogP contribution is -2.15. The van der Waals surface area contributed by atoms with E-state index in [4.69, 9.17) is 0 Å². The van der Waals surface area contributed by atoms with E-state index in [1.807, 2.05) is 36.4 Å². The molecule has 0 aromatic heterocycles. The van der Waals surface area contributed by atoms with Crippen LogP contribution in [0.25, 0.3) is 32.7 Å². The second-order valence-corrected chi connectivity index (χ2v) is 11.1. The van der Waals surface area contributed by atoms with Gasteiger partial charge in [0.15, 0.2) is 0 Å². The molecule has 7 rings (SSSR count). The van der Waals surface area contributed by atoms with Gasteiger partial charge in [-0.3, -0.25) is 5.21 Å². The molecule has 214 valence electrons. The van der Waals surface area contributed by atoms with Crippen LogP contribution >= 0.6 is 0 Å². The molecule has 0 heterocycles. The molecule has 0 spiro atoms. The highest BCUT2D eigenvalue weighted by molar-refractivity contribution is 6.23. The van der Waals surface area contributed by atoms with E-state index in [1.54, 1.807) is 0 Å². The molecular weight excluding hydrogens is 536 g/mol. The van der Waals surface area contributed by atoms with Crippen molar-refractivity contribution in [3.05, 3.63) is 163 Å². The Labute approximate surface area is 258 Å². The Kier molecular flexibility index (Phi) is 7.31. The van der Waals surface area contributed by atoms with Gasteiger partial charge >= 0.3 is 0 Å². The fourth-order valence-electron chi connectivity index (χ4n) is 6.40. The first-order valence-corrected chi connectivity index (χ1v) is 15.2. The number of para-hydroxylation sites is 3. The average Bonchev–Trinajstić information content (AvgIpc) is 3.09. The van der Waals surface area contributed by atoms with Crippen molar-refractivity contribution in [2.24, 2.45) is 0 Å². The maximum Gasteiger partial charge on any atom is 0.0851 e. The predicted molar refractivity (Wildman–Crippen MR) is 186 cm³/mol. The third-order valence-electron chi connectivity index (χ3n) is 8.47. The maximum absolute atomic E-state index is 11.9. The molecule has 0 saturated heterocycles. The Morgan fingerprint density at radius 3 is 1.55 bits per heavy atom. The van der Waals surface area contributed by atoms with E-state index < -0.39 is 0 Å². The first-order valence-electron chi connectivity index (χ1n) is 15.2. The molecule has 0 saturated carbocycles. The van der Waals surface area contributed by atoms with Gasteiger partial charge in [-0.05, 0) is 84.1 Å². The number of benzene rings is 7. The lowest BCUT2D eigenvalue weighted by molar-refractivity contribution is 0.303. The minimum absolute atomic E-state index is 0.715. The van der Waals surface area contributed by atoms with Crippen LogP contribution in [0.1, 0.15) is 18.1 Å². The number of anilines is 5. The Balaban J connectivity index is 1.66. The highest BCUT2D eigenvalue weighted by Gasteiger charge is 2.25. The molecule has 0 fully saturated rings. The van der Waals surface area contributed by atoms with Gasteiger partial charge < -0.3 is 4.90 Å². The smallest absolute Gasteiger partial charge is 0.0851 e. The summed E-state index contributed by atoms with van der Waals surface area (Å²) in [6.07, 6.45) is 0.946. The van der Waals surface area contributed by atoms with Crippen molar-refractivity contribution >= 4 is 50.0 Å². The van der Waals surface area contributed by atoms with E-state index >= 15 is 0 Å². The molecule has 0 aliphatic rings. The molecule has 0 aliphatic heterocycles. The van der Waals surface area contributed by atoms with Crippen LogP contribution in [-0.2, 0) is 6.42 Å². The van der Waals surface area contributed by atoms with Gasteiger partial charge in [-0.25, -0.2) is 5.06 Å². The second-order valence-electron chi connectivity index (χ2n) is 11.1. The standard InChI is InChI=1S/C41H34N2O/c1-3-30-17-13-14-24-34(30)37-28-39-38(27-29(37)2)41(43(44)33-22-11-6-12-23-33)36-26-16-15-25-35(36)40(39)42(31-18-7-4-8-19-31)32-20-9-5-10-21-32/h4-28,44H,3H2,1-2H3. The first-order chi connectivity index (χ1) is 21.7. The Bertz CT molecular complexity index is 2030. The van der Waals surface area contributed by atoms with E-state index in [0.29, 0.717) is 5.69 Å². The van der Waals surface area contributed by atoms with Crippen LogP contribution in [-0.4, -0.2) is 5.21 Å². The highest BCUT2D eigenvalue weighted by atomic mass is 16.5. The van der Waals surface area contributed by atoms with Gasteiger partial charge in [-0.15, -0.1) is 0 Å². The van der Waals surface area contributed by atoms with E-state index in [1.165, 1.54) is 21.8 Å². The monoisotopic (exact) mass is 570 g/mol. The summed E-state index contributed by atoms with van der Waals surface area (Å²) in [6.45, 7) is 4.39. The Morgan fingerprint density at radius 2 is 0.955 bits per heavy atom. The lowest BCUT2D eigenvalue weighted by Gasteiger charge is -2.31.